The number of carbonyl (C=O) groups excluding carboxylic acids is 2. The molecule has 0 saturated carbocycles. The Hall–Kier alpha value is -0.880. The fourth-order valence-corrected chi connectivity index (χ4v) is 1.56. The van der Waals surface area contributed by atoms with Crippen molar-refractivity contribution in [2.24, 2.45) is 0 Å². The van der Waals surface area contributed by atoms with E-state index in [-0.39, 0.29) is 0 Å². The molecule has 2 aliphatic rings. The summed E-state index contributed by atoms with van der Waals surface area (Å²) in [5, 5.41) is 4.82. The average molecular weight is 211 g/mol. The predicted molar refractivity (Wildman–Crippen MR) is 40.0 cm³/mol. The molecule has 2 saturated heterocycles. The summed E-state index contributed by atoms with van der Waals surface area (Å²) in [6, 6.07) is -0.949. The summed E-state index contributed by atoms with van der Waals surface area (Å²) in [5.74, 6) is 0. The molecule has 0 aliphatic carbocycles. The second-order valence-corrected chi connectivity index (χ2v) is 3.14. The lowest BCUT2D eigenvalue weighted by molar-refractivity contribution is 0.221. The summed E-state index contributed by atoms with van der Waals surface area (Å²) in [7, 11) is 0. The van der Waals surface area contributed by atoms with Crippen molar-refractivity contribution in [3.63, 3.8) is 0 Å². The fraction of sp³-hybridized carbons (Fsp3) is 0.500. The van der Waals surface area contributed by atoms with Gasteiger partial charge in [-0.3, -0.25) is 0 Å². The van der Waals surface area contributed by atoms with Gasteiger partial charge in [0.2, 0.25) is 0 Å². The van der Waals surface area contributed by atoms with Crippen LogP contribution in [0.25, 0.3) is 0 Å². The number of carbonyl (C=O) groups is 2. The van der Waals surface area contributed by atoms with Gasteiger partial charge >= 0.3 is 12.1 Å². The quantitative estimate of drug-likeness (QED) is 0.553. The highest BCUT2D eigenvalue weighted by Gasteiger charge is 2.50. The van der Waals surface area contributed by atoms with Crippen molar-refractivity contribution in [3.8, 4) is 0 Å². The van der Waals surface area contributed by atoms with Crippen molar-refractivity contribution in [2.45, 2.75) is 12.3 Å². The van der Waals surface area contributed by atoms with Crippen molar-refractivity contribution < 1.29 is 9.59 Å². The molecule has 4 amide bonds. The molecular weight excluding hydrogens is 207 g/mol. The second kappa shape index (κ2) is 2.30. The summed E-state index contributed by atoms with van der Waals surface area (Å²) in [6.07, 6.45) is -1.19. The Labute approximate surface area is 77.6 Å². The molecule has 0 bridgehead atoms. The number of nitrogens with one attached hydrogen (secondary N) is 2. The molecule has 66 valence electrons. The Morgan fingerprint density at radius 1 is 1.00 bits per heavy atom. The lowest BCUT2D eigenvalue weighted by Gasteiger charge is -2.11. The van der Waals surface area contributed by atoms with E-state index in [1.54, 1.807) is 0 Å². The first kappa shape index (κ1) is 7.75. The van der Waals surface area contributed by atoms with Crippen molar-refractivity contribution in [2.75, 3.05) is 0 Å². The van der Waals surface area contributed by atoms with E-state index in [4.69, 9.17) is 23.6 Å². The molecule has 2 atom stereocenters. The minimum absolute atomic E-state index is 0.475. The first-order valence-electron chi connectivity index (χ1n) is 3.12. The molecule has 2 N–H and O–H groups in total. The van der Waals surface area contributed by atoms with Crippen LogP contribution in [0.1, 0.15) is 0 Å². The van der Waals surface area contributed by atoms with E-state index in [0.717, 1.165) is 8.84 Å². The van der Waals surface area contributed by atoms with Crippen LogP contribution in [-0.4, -0.2) is 33.2 Å². The van der Waals surface area contributed by atoms with Gasteiger partial charge in [-0.05, 0) is 0 Å². The van der Waals surface area contributed by atoms with Gasteiger partial charge in [0.15, 0.2) is 12.3 Å². The third kappa shape index (κ3) is 0.818. The standard InChI is InChI=1S/C4H4Cl2N4O2/c5-9-1-2(8-4(9)12)10(6)3(11)7-1/h1-2H,(H,7,11)(H,8,12)/t1-,2-/m0/s1. The Kier molecular flexibility index (Phi) is 1.49. The zero-order valence-electron chi connectivity index (χ0n) is 5.62. The van der Waals surface area contributed by atoms with E-state index in [2.05, 4.69) is 10.6 Å². The first-order chi connectivity index (χ1) is 5.61. The van der Waals surface area contributed by atoms with Crippen LogP contribution in [0.3, 0.4) is 0 Å². The smallest absolute Gasteiger partial charge is 0.312 e. The zero-order valence-corrected chi connectivity index (χ0v) is 7.13. The number of hydrogen-bond donors (Lipinski definition) is 2. The van der Waals surface area contributed by atoms with Crippen molar-refractivity contribution in [3.05, 3.63) is 0 Å². The molecule has 0 aromatic rings. The highest BCUT2D eigenvalue weighted by Crippen LogP contribution is 2.23. The number of nitrogens with zero attached hydrogens (tertiary/aromatic N) is 2. The van der Waals surface area contributed by atoms with Gasteiger partial charge in [-0.2, -0.15) is 0 Å². The Bertz CT molecular complexity index is 233. The topological polar surface area (TPSA) is 64.7 Å². The lowest BCUT2D eigenvalue weighted by atomic mass is 10.4. The van der Waals surface area contributed by atoms with E-state index < -0.39 is 24.4 Å². The molecule has 0 unspecified atom stereocenters. The van der Waals surface area contributed by atoms with Gasteiger partial charge in [0.25, 0.3) is 0 Å². The maximum absolute atomic E-state index is 10.9. The maximum Gasteiger partial charge on any atom is 0.335 e. The third-order valence-corrected chi connectivity index (χ3v) is 2.45. The van der Waals surface area contributed by atoms with Crippen LogP contribution in [0, 0.1) is 0 Å². The van der Waals surface area contributed by atoms with Gasteiger partial charge < -0.3 is 10.6 Å². The molecule has 6 nitrogen and oxygen atoms in total. The molecule has 0 radical (unpaired) electrons. The normalized spacial score (nSPS) is 33.5. The zero-order chi connectivity index (χ0) is 8.88. The molecule has 8 heteroatoms. The Balaban J connectivity index is 2.24. The van der Waals surface area contributed by atoms with Crippen LogP contribution in [-0.2, 0) is 0 Å². The van der Waals surface area contributed by atoms with Crippen molar-refractivity contribution in [1.82, 2.24) is 19.5 Å². The van der Waals surface area contributed by atoms with Crippen LogP contribution in [0.2, 0.25) is 0 Å². The number of fused-ring (bicyclic) bond motifs is 1. The van der Waals surface area contributed by atoms with Gasteiger partial charge in [-0.15, -0.1) is 0 Å². The summed E-state index contributed by atoms with van der Waals surface area (Å²) < 4.78 is 1.73. The monoisotopic (exact) mass is 210 g/mol. The van der Waals surface area contributed by atoms with Crippen LogP contribution in [0.5, 0.6) is 0 Å². The second-order valence-electron chi connectivity index (χ2n) is 2.41. The highest BCUT2D eigenvalue weighted by molar-refractivity contribution is 6.25. The number of hydrogen-bond acceptors (Lipinski definition) is 2. The number of urea groups is 2. The van der Waals surface area contributed by atoms with Crippen molar-refractivity contribution >= 4 is 35.6 Å². The number of amides is 4. The molecule has 0 aromatic heterocycles. The lowest BCUT2D eigenvalue weighted by Crippen LogP contribution is -2.38. The molecule has 2 fully saturated rings. The number of rotatable bonds is 0. The summed E-state index contributed by atoms with van der Waals surface area (Å²) >= 11 is 11.0. The third-order valence-electron chi connectivity index (χ3n) is 1.72. The van der Waals surface area contributed by atoms with Crippen LogP contribution in [0.4, 0.5) is 9.59 Å². The molecule has 2 heterocycles. The Morgan fingerprint density at radius 3 is 1.67 bits per heavy atom. The molecular formula is C4H4Cl2N4O2. The predicted octanol–water partition coefficient (Wildman–Crippen LogP) is -0.00340. The van der Waals surface area contributed by atoms with Crippen LogP contribution >= 0.6 is 23.6 Å². The molecule has 2 aliphatic heterocycles. The van der Waals surface area contributed by atoms with E-state index >= 15 is 0 Å². The van der Waals surface area contributed by atoms with E-state index in [1.807, 2.05) is 0 Å². The minimum atomic E-state index is -0.593. The molecule has 0 aromatic carbocycles. The number of halogens is 2. The molecule has 2 rings (SSSR count). The largest absolute Gasteiger partial charge is 0.335 e. The van der Waals surface area contributed by atoms with E-state index in [9.17, 15) is 9.59 Å². The van der Waals surface area contributed by atoms with Gasteiger partial charge in [-0.25, -0.2) is 18.4 Å². The van der Waals surface area contributed by atoms with E-state index in [1.165, 1.54) is 0 Å². The first-order valence-corrected chi connectivity index (χ1v) is 3.80. The van der Waals surface area contributed by atoms with Crippen LogP contribution in [0.15, 0.2) is 0 Å². The maximum atomic E-state index is 10.9. The average Bonchev–Trinajstić information content (AvgIpc) is 2.43. The Morgan fingerprint density at radius 2 is 1.33 bits per heavy atom. The summed E-state index contributed by atoms with van der Waals surface area (Å²) in [6.45, 7) is 0. The minimum Gasteiger partial charge on any atom is -0.312 e. The van der Waals surface area contributed by atoms with Gasteiger partial charge in [0.1, 0.15) is 0 Å². The summed E-state index contributed by atoms with van der Waals surface area (Å²) in [4.78, 5) is 21.8. The highest BCUT2D eigenvalue weighted by atomic mass is 35.5. The van der Waals surface area contributed by atoms with Gasteiger partial charge in [0, 0.05) is 23.6 Å². The van der Waals surface area contributed by atoms with Crippen LogP contribution < -0.4 is 10.6 Å². The van der Waals surface area contributed by atoms with E-state index in [0.29, 0.717) is 0 Å². The van der Waals surface area contributed by atoms with Crippen molar-refractivity contribution in [1.29, 1.82) is 0 Å². The molecule has 0 spiro atoms. The fourth-order valence-electron chi connectivity index (χ4n) is 1.15. The van der Waals surface area contributed by atoms with Gasteiger partial charge in [-0.1, -0.05) is 0 Å². The summed E-state index contributed by atoms with van der Waals surface area (Å²) in [5.41, 5.74) is 0. The van der Waals surface area contributed by atoms with Gasteiger partial charge in [0.05, 0.1) is 0 Å². The SMILES string of the molecule is O=C1N[C@@H]2[C@@H](NC(=O)N2Cl)N1Cl. The molecule has 12 heavy (non-hydrogen) atoms.